The van der Waals surface area contributed by atoms with E-state index in [9.17, 15) is 19.3 Å². The van der Waals surface area contributed by atoms with E-state index in [2.05, 4.69) is 20.6 Å². The van der Waals surface area contributed by atoms with Crippen molar-refractivity contribution in [2.75, 3.05) is 22.9 Å². The number of hydrogen-bond donors (Lipinski definition) is 2. The summed E-state index contributed by atoms with van der Waals surface area (Å²) in [6.07, 6.45) is 0. The van der Waals surface area contributed by atoms with Crippen molar-refractivity contribution in [1.29, 1.82) is 0 Å². The summed E-state index contributed by atoms with van der Waals surface area (Å²) in [5.41, 5.74) is 0.186. The van der Waals surface area contributed by atoms with Gasteiger partial charge in [0.25, 0.3) is 5.69 Å². The van der Waals surface area contributed by atoms with E-state index in [-0.39, 0.29) is 17.1 Å². The second-order valence-corrected chi connectivity index (χ2v) is 6.60. The molecular weight excluding hydrogens is 385 g/mol. The molecule has 1 aromatic heterocycles. The molecule has 0 saturated carbocycles. The average molecular weight is 401 g/mol. The predicted octanol–water partition coefficient (Wildman–Crippen LogP) is 3.84. The van der Waals surface area contributed by atoms with Crippen LogP contribution in [0, 0.1) is 15.9 Å². The predicted molar refractivity (Wildman–Crippen MR) is 106 cm³/mol. The summed E-state index contributed by atoms with van der Waals surface area (Å²) < 4.78 is 13.8. The highest BCUT2D eigenvalue weighted by Crippen LogP contribution is 2.25. The molecule has 144 valence electrons. The molecule has 0 radical (unpaired) electrons. The van der Waals surface area contributed by atoms with Gasteiger partial charge < -0.3 is 10.6 Å². The summed E-state index contributed by atoms with van der Waals surface area (Å²) in [5.74, 6) is -0.682. The van der Waals surface area contributed by atoms with Crippen molar-refractivity contribution in [3.63, 3.8) is 0 Å². The molecule has 1 heterocycles. The Morgan fingerprint density at radius 2 is 2.04 bits per heavy atom. The molecule has 1 amide bonds. The molecule has 0 bridgehead atoms. The molecule has 28 heavy (non-hydrogen) atoms. The Hall–Kier alpha value is -3.27. The fourth-order valence-electron chi connectivity index (χ4n) is 2.46. The van der Waals surface area contributed by atoms with Gasteiger partial charge in [0.05, 0.1) is 21.9 Å². The molecule has 0 aliphatic heterocycles. The van der Waals surface area contributed by atoms with Crippen molar-refractivity contribution < 1.29 is 14.1 Å². The van der Waals surface area contributed by atoms with Crippen LogP contribution in [0.3, 0.4) is 0 Å². The summed E-state index contributed by atoms with van der Waals surface area (Å²) in [6, 6.07) is 10.5. The fourth-order valence-corrected chi connectivity index (χ4v) is 3.11. The number of para-hydroxylation sites is 1. The maximum absolute atomic E-state index is 13.8. The molecule has 0 spiro atoms. The number of thioether (sulfide) groups is 1. The Labute approximate surface area is 163 Å². The van der Waals surface area contributed by atoms with Crippen molar-refractivity contribution in [1.82, 2.24) is 9.97 Å². The molecule has 0 aliphatic rings. The standard InChI is InChI=1S/C18H16FN5O3S/c1-2-20-17-12-5-3-4-6-14(12)22-18(23-17)28-10-16(25)21-15-9-11(24(26)27)7-8-13(15)19/h3-9H,2,10H2,1H3,(H,21,25)(H,20,22,23). The van der Waals surface area contributed by atoms with Gasteiger partial charge in [-0.05, 0) is 25.1 Å². The summed E-state index contributed by atoms with van der Waals surface area (Å²) in [7, 11) is 0. The van der Waals surface area contributed by atoms with Gasteiger partial charge in [0, 0.05) is 24.1 Å². The molecule has 0 atom stereocenters. The smallest absolute Gasteiger partial charge is 0.271 e. The molecule has 3 rings (SSSR count). The van der Waals surface area contributed by atoms with E-state index in [1.54, 1.807) is 0 Å². The Kier molecular flexibility index (Phi) is 5.99. The highest BCUT2D eigenvalue weighted by Gasteiger charge is 2.14. The van der Waals surface area contributed by atoms with Gasteiger partial charge in [-0.15, -0.1) is 0 Å². The number of nitrogens with one attached hydrogen (secondary N) is 2. The maximum Gasteiger partial charge on any atom is 0.271 e. The third-order valence-corrected chi connectivity index (χ3v) is 4.54. The van der Waals surface area contributed by atoms with E-state index in [4.69, 9.17) is 0 Å². The number of non-ortho nitro benzene ring substituents is 1. The second-order valence-electron chi connectivity index (χ2n) is 5.66. The quantitative estimate of drug-likeness (QED) is 0.268. The number of hydrogen-bond acceptors (Lipinski definition) is 7. The van der Waals surface area contributed by atoms with Crippen LogP contribution in [0.5, 0.6) is 0 Å². The summed E-state index contributed by atoms with van der Waals surface area (Å²) >= 11 is 1.09. The van der Waals surface area contributed by atoms with Gasteiger partial charge >= 0.3 is 0 Å². The largest absolute Gasteiger partial charge is 0.370 e. The first-order valence-electron chi connectivity index (χ1n) is 8.35. The highest BCUT2D eigenvalue weighted by molar-refractivity contribution is 7.99. The van der Waals surface area contributed by atoms with E-state index in [0.29, 0.717) is 17.5 Å². The molecule has 0 aliphatic carbocycles. The molecular formula is C18H16FN5O3S. The fraction of sp³-hybridized carbons (Fsp3) is 0.167. The monoisotopic (exact) mass is 401 g/mol. The second kappa shape index (κ2) is 8.61. The SMILES string of the molecule is CCNc1nc(SCC(=O)Nc2cc([N+](=O)[O-])ccc2F)nc2ccccc12. The van der Waals surface area contributed by atoms with Crippen LogP contribution in [0.1, 0.15) is 6.92 Å². The van der Waals surface area contributed by atoms with E-state index >= 15 is 0 Å². The van der Waals surface area contributed by atoms with Crippen LogP contribution in [-0.2, 0) is 4.79 Å². The van der Waals surface area contributed by atoms with Crippen LogP contribution >= 0.6 is 11.8 Å². The number of halogens is 1. The lowest BCUT2D eigenvalue weighted by Gasteiger charge is -2.09. The molecule has 10 heteroatoms. The first kappa shape index (κ1) is 19.5. The Morgan fingerprint density at radius 3 is 2.79 bits per heavy atom. The van der Waals surface area contributed by atoms with Crippen LogP contribution < -0.4 is 10.6 Å². The van der Waals surface area contributed by atoms with E-state index < -0.39 is 16.6 Å². The van der Waals surface area contributed by atoms with Gasteiger partial charge in [0.1, 0.15) is 11.6 Å². The Bertz CT molecular complexity index is 1050. The van der Waals surface area contributed by atoms with Crippen molar-refractivity contribution >= 4 is 45.8 Å². The van der Waals surface area contributed by atoms with Gasteiger partial charge in [-0.3, -0.25) is 14.9 Å². The van der Waals surface area contributed by atoms with Crippen LogP contribution in [0.15, 0.2) is 47.6 Å². The zero-order valence-corrected chi connectivity index (χ0v) is 15.6. The first-order valence-corrected chi connectivity index (χ1v) is 9.33. The van der Waals surface area contributed by atoms with Crippen LogP contribution in [0.2, 0.25) is 0 Å². The van der Waals surface area contributed by atoms with Crippen LogP contribution in [0.25, 0.3) is 10.9 Å². The summed E-state index contributed by atoms with van der Waals surface area (Å²) in [4.78, 5) is 31.1. The molecule has 3 aromatic rings. The number of carbonyl (C=O) groups is 1. The van der Waals surface area contributed by atoms with Gasteiger partial charge in [0.15, 0.2) is 5.16 Å². The molecule has 0 unspecified atom stereocenters. The van der Waals surface area contributed by atoms with Gasteiger partial charge in [-0.2, -0.15) is 0 Å². The van der Waals surface area contributed by atoms with Crippen molar-refractivity contribution in [2.45, 2.75) is 12.1 Å². The van der Waals surface area contributed by atoms with Gasteiger partial charge in [0.2, 0.25) is 5.91 Å². The van der Waals surface area contributed by atoms with Crippen LogP contribution in [-0.4, -0.2) is 33.1 Å². The minimum atomic E-state index is -0.750. The number of amides is 1. The lowest BCUT2D eigenvalue weighted by Crippen LogP contribution is -2.15. The number of nitro groups is 1. The molecule has 0 fully saturated rings. The number of nitrogens with zero attached hydrogens (tertiary/aromatic N) is 3. The molecule has 2 aromatic carbocycles. The topological polar surface area (TPSA) is 110 Å². The normalized spacial score (nSPS) is 10.6. The molecule has 8 nitrogen and oxygen atoms in total. The number of carbonyl (C=O) groups excluding carboxylic acids is 1. The zero-order valence-electron chi connectivity index (χ0n) is 14.8. The van der Waals surface area contributed by atoms with Crippen molar-refractivity contribution in [3.8, 4) is 0 Å². The average Bonchev–Trinajstić information content (AvgIpc) is 2.68. The van der Waals surface area contributed by atoms with E-state index in [1.165, 1.54) is 0 Å². The number of aromatic nitrogens is 2. The Balaban J connectivity index is 1.73. The number of nitro benzene ring substituents is 1. The zero-order chi connectivity index (χ0) is 20.1. The molecule has 0 saturated heterocycles. The Morgan fingerprint density at radius 1 is 1.25 bits per heavy atom. The maximum atomic E-state index is 13.8. The number of rotatable bonds is 7. The minimum absolute atomic E-state index is 0.0773. The first-order chi connectivity index (χ1) is 13.5. The van der Waals surface area contributed by atoms with E-state index in [0.717, 1.165) is 40.9 Å². The van der Waals surface area contributed by atoms with Crippen LogP contribution in [0.4, 0.5) is 21.6 Å². The number of anilines is 2. The van der Waals surface area contributed by atoms with Gasteiger partial charge in [-0.25, -0.2) is 14.4 Å². The summed E-state index contributed by atoms with van der Waals surface area (Å²) in [6.45, 7) is 2.63. The number of benzene rings is 2. The lowest BCUT2D eigenvalue weighted by molar-refractivity contribution is -0.384. The third kappa shape index (κ3) is 4.52. The minimum Gasteiger partial charge on any atom is -0.370 e. The van der Waals surface area contributed by atoms with Crippen molar-refractivity contribution in [2.24, 2.45) is 0 Å². The lowest BCUT2D eigenvalue weighted by atomic mass is 10.2. The van der Waals surface area contributed by atoms with E-state index in [1.807, 2.05) is 31.2 Å². The summed E-state index contributed by atoms with van der Waals surface area (Å²) in [5, 5.41) is 17.6. The van der Waals surface area contributed by atoms with Gasteiger partial charge in [-0.1, -0.05) is 23.9 Å². The molecule has 2 N–H and O–H groups in total. The highest BCUT2D eigenvalue weighted by atomic mass is 32.2. The third-order valence-electron chi connectivity index (χ3n) is 3.69. The number of fused-ring (bicyclic) bond motifs is 1. The van der Waals surface area contributed by atoms with Crippen molar-refractivity contribution in [3.05, 3.63) is 58.4 Å².